The van der Waals surface area contributed by atoms with Crippen molar-refractivity contribution in [1.82, 2.24) is 4.90 Å². The third-order valence-corrected chi connectivity index (χ3v) is 3.84. The number of hydrogen-bond donors (Lipinski definition) is 1. The minimum Gasteiger partial charge on any atom is -0.489 e. The van der Waals surface area contributed by atoms with Crippen molar-refractivity contribution in [3.05, 3.63) is 60.2 Å². The van der Waals surface area contributed by atoms with E-state index >= 15 is 0 Å². The van der Waals surface area contributed by atoms with Crippen LogP contribution >= 0.6 is 0 Å². The lowest BCUT2D eigenvalue weighted by atomic mass is 10.2. The second-order valence-corrected chi connectivity index (χ2v) is 5.72. The number of ether oxygens (including phenoxy) is 1. The fourth-order valence-electron chi connectivity index (χ4n) is 2.52. The van der Waals surface area contributed by atoms with Gasteiger partial charge in [-0.3, -0.25) is 19.3 Å². The largest absolute Gasteiger partial charge is 0.489 e. The third-order valence-electron chi connectivity index (χ3n) is 3.84. The summed E-state index contributed by atoms with van der Waals surface area (Å²) >= 11 is 0. The first-order valence-corrected chi connectivity index (χ1v) is 8.01. The van der Waals surface area contributed by atoms with Crippen LogP contribution in [-0.2, 0) is 21.0 Å². The van der Waals surface area contributed by atoms with Crippen molar-refractivity contribution in [2.24, 2.45) is 0 Å². The molecule has 3 amide bonds. The van der Waals surface area contributed by atoms with Crippen molar-refractivity contribution in [2.45, 2.75) is 19.4 Å². The SMILES string of the molecule is O=C(CN1C(=O)CCC1=O)Nc1ccc(OCc2ccccc2)cc1. The van der Waals surface area contributed by atoms with E-state index in [1.54, 1.807) is 24.3 Å². The van der Waals surface area contributed by atoms with Gasteiger partial charge in [-0.15, -0.1) is 0 Å². The third kappa shape index (κ3) is 4.44. The molecular weight excluding hydrogens is 320 g/mol. The summed E-state index contributed by atoms with van der Waals surface area (Å²) in [6, 6.07) is 16.8. The van der Waals surface area contributed by atoms with E-state index in [1.165, 1.54) is 0 Å². The zero-order valence-electron chi connectivity index (χ0n) is 13.6. The molecule has 0 radical (unpaired) electrons. The highest BCUT2D eigenvalue weighted by molar-refractivity contribution is 6.06. The van der Waals surface area contributed by atoms with Gasteiger partial charge in [0.25, 0.3) is 0 Å². The average molecular weight is 338 g/mol. The number of rotatable bonds is 6. The molecule has 1 aliphatic rings. The summed E-state index contributed by atoms with van der Waals surface area (Å²) in [7, 11) is 0. The van der Waals surface area contributed by atoms with Gasteiger partial charge in [0, 0.05) is 18.5 Å². The van der Waals surface area contributed by atoms with Gasteiger partial charge in [0.1, 0.15) is 18.9 Å². The van der Waals surface area contributed by atoms with Gasteiger partial charge >= 0.3 is 0 Å². The van der Waals surface area contributed by atoms with Crippen LogP contribution in [0.25, 0.3) is 0 Å². The number of carbonyl (C=O) groups is 3. The number of benzene rings is 2. The Morgan fingerprint density at radius 3 is 2.24 bits per heavy atom. The zero-order valence-corrected chi connectivity index (χ0v) is 13.6. The van der Waals surface area contributed by atoms with Gasteiger partial charge in [-0.2, -0.15) is 0 Å². The molecule has 0 spiro atoms. The van der Waals surface area contributed by atoms with Crippen molar-refractivity contribution >= 4 is 23.4 Å². The molecule has 128 valence electrons. The fourth-order valence-corrected chi connectivity index (χ4v) is 2.52. The van der Waals surface area contributed by atoms with E-state index in [0.29, 0.717) is 18.0 Å². The average Bonchev–Trinajstić information content (AvgIpc) is 2.94. The summed E-state index contributed by atoms with van der Waals surface area (Å²) < 4.78 is 5.68. The second-order valence-electron chi connectivity index (χ2n) is 5.72. The van der Waals surface area contributed by atoms with Crippen molar-refractivity contribution in [2.75, 3.05) is 11.9 Å². The molecule has 0 aliphatic carbocycles. The monoisotopic (exact) mass is 338 g/mol. The summed E-state index contributed by atoms with van der Waals surface area (Å²) in [5.74, 6) is -0.317. The van der Waals surface area contributed by atoms with Crippen LogP contribution in [0.3, 0.4) is 0 Å². The first kappa shape index (κ1) is 16.7. The summed E-state index contributed by atoms with van der Waals surface area (Å²) in [5.41, 5.74) is 1.65. The minimum absolute atomic E-state index is 0.180. The van der Waals surface area contributed by atoms with E-state index in [4.69, 9.17) is 4.74 Å². The smallest absolute Gasteiger partial charge is 0.244 e. The number of nitrogens with one attached hydrogen (secondary N) is 1. The molecule has 2 aromatic carbocycles. The molecule has 25 heavy (non-hydrogen) atoms. The van der Waals surface area contributed by atoms with E-state index in [9.17, 15) is 14.4 Å². The molecule has 0 bridgehead atoms. The molecule has 0 unspecified atom stereocenters. The summed E-state index contributed by atoms with van der Waals surface area (Å²) in [6.07, 6.45) is 0.360. The standard InChI is InChI=1S/C19H18N2O4/c22-17(12-21-18(23)10-11-19(21)24)20-15-6-8-16(9-7-15)25-13-14-4-2-1-3-5-14/h1-9H,10-13H2,(H,20,22). The van der Waals surface area contributed by atoms with E-state index in [-0.39, 0.29) is 31.2 Å². The van der Waals surface area contributed by atoms with Crippen LogP contribution in [-0.4, -0.2) is 29.2 Å². The molecule has 1 saturated heterocycles. The van der Waals surface area contributed by atoms with Crippen LogP contribution in [0.2, 0.25) is 0 Å². The van der Waals surface area contributed by atoms with E-state index in [2.05, 4.69) is 5.32 Å². The Morgan fingerprint density at radius 1 is 0.960 bits per heavy atom. The Morgan fingerprint density at radius 2 is 1.60 bits per heavy atom. The highest BCUT2D eigenvalue weighted by atomic mass is 16.5. The van der Waals surface area contributed by atoms with Gasteiger partial charge in [0.05, 0.1) is 0 Å². The number of amides is 3. The normalized spacial score (nSPS) is 13.8. The van der Waals surface area contributed by atoms with Gasteiger partial charge in [-0.1, -0.05) is 30.3 Å². The maximum Gasteiger partial charge on any atom is 0.244 e. The highest BCUT2D eigenvalue weighted by Gasteiger charge is 2.30. The lowest BCUT2D eigenvalue weighted by molar-refractivity contribution is -0.141. The molecule has 1 heterocycles. The summed E-state index contributed by atoms with van der Waals surface area (Å²) in [6.45, 7) is 0.218. The molecule has 0 aromatic heterocycles. The van der Waals surface area contributed by atoms with E-state index in [0.717, 1.165) is 10.5 Å². The van der Waals surface area contributed by atoms with Gasteiger partial charge < -0.3 is 10.1 Å². The Hall–Kier alpha value is -3.15. The number of hydrogen-bond acceptors (Lipinski definition) is 4. The Balaban J connectivity index is 1.51. The number of anilines is 1. The Labute approximate surface area is 145 Å². The van der Waals surface area contributed by atoms with Crippen molar-refractivity contribution in [1.29, 1.82) is 0 Å². The molecule has 3 rings (SSSR count). The van der Waals surface area contributed by atoms with Crippen LogP contribution in [0.1, 0.15) is 18.4 Å². The second kappa shape index (κ2) is 7.61. The van der Waals surface area contributed by atoms with Crippen LogP contribution in [0.15, 0.2) is 54.6 Å². The molecule has 1 fully saturated rings. The van der Waals surface area contributed by atoms with Gasteiger partial charge in [-0.05, 0) is 29.8 Å². The van der Waals surface area contributed by atoms with Crippen LogP contribution in [0, 0.1) is 0 Å². The molecule has 0 atom stereocenters. The van der Waals surface area contributed by atoms with Crippen molar-refractivity contribution < 1.29 is 19.1 Å². The maximum atomic E-state index is 12.0. The molecular formula is C19H18N2O4. The van der Waals surface area contributed by atoms with E-state index < -0.39 is 5.91 Å². The Bertz CT molecular complexity index is 756. The van der Waals surface area contributed by atoms with Crippen molar-refractivity contribution in [3.63, 3.8) is 0 Å². The molecule has 0 saturated carbocycles. The topological polar surface area (TPSA) is 75.7 Å². The Kier molecular flexibility index (Phi) is 5.09. The highest BCUT2D eigenvalue weighted by Crippen LogP contribution is 2.17. The van der Waals surface area contributed by atoms with Gasteiger partial charge in [0.2, 0.25) is 17.7 Å². The zero-order chi connectivity index (χ0) is 17.6. The van der Waals surface area contributed by atoms with Crippen LogP contribution in [0.4, 0.5) is 5.69 Å². The van der Waals surface area contributed by atoms with Crippen LogP contribution in [0.5, 0.6) is 5.75 Å². The number of carbonyl (C=O) groups excluding carboxylic acids is 3. The summed E-state index contributed by atoms with van der Waals surface area (Å²) in [5, 5.41) is 2.67. The number of imide groups is 1. The van der Waals surface area contributed by atoms with E-state index in [1.807, 2.05) is 30.3 Å². The predicted octanol–water partition coefficient (Wildman–Crippen LogP) is 2.35. The first-order chi connectivity index (χ1) is 12.1. The summed E-state index contributed by atoms with van der Waals surface area (Å²) in [4.78, 5) is 36.0. The molecule has 6 heteroatoms. The predicted molar refractivity (Wildman–Crippen MR) is 91.8 cm³/mol. The van der Waals surface area contributed by atoms with Gasteiger partial charge in [-0.25, -0.2) is 0 Å². The molecule has 1 N–H and O–H groups in total. The van der Waals surface area contributed by atoms with Crippen LogP contribution < -0.4 is 10.1 Å². The first-order valence-electron chi connectivity index (χ1n) is 8.01. The molecule has 1 aliphatic heterocycles. The number of likely N-dealkylation sites (tertiary alicyclic amines) is 1. The number of nitrogens with zero attached hydrogens (tertiary/aromatic N) is 1. The fraction of sp³-hybridized carbons (Fsp3) is 0.211. The molecule has 6 nitrogen and oxygen atoms in total. The maximum absolute atomic E-state index is 12.0. The van der Waals surface area contributed by atoms with Gasteiger partial charge in [0.15, 0.2) is 0 Å². The lowest BCUT2D eigenvalue weighted by Crippen LogP contribution is -2.36. The minimum atomic E-state index is -0.401. The quantitative estimate of drug-likeness (QED) is 0.821. The molecule has 2 aromatic rings. The van der Waals surface area contributed by atoms with Crippen molar-refractivity contribution in [3.8, 4) is 5.75 Å². The lowest BCUT2D eigenvalue weighted by Gasteiger charge is -2.13.